The molecular formula is C23H20F2O. The van der Waals surface area contributed by atoms with E-state index >= 15 is 0 Å². The monoisotopic (exact) mass is 350 g/mol. The van der Waals surface area contributed by atoms with E-state index in [4.69, 9.17) is 4.74 Å². The summed E-state index contributed by atoms with van der Waals surface area (Å²) in [4.78, 5) is 0. The van der Waals surface area contributed by atoms with Crippen molar-refractivity contribution in [2.75, 3.05) is 7.11 Å². The molecule has 3 aromatic rings. The molecule has 0 saturated carbocycles. The molecule has 0 N–H and O–H groups in total. The molecule has 0 bridgehead atoms. The molecule has 132 valence electrons. The van der Waals surface area contributed by atoms with E-state index in [0.29, 0.717) is 0 Å². The fourth-order valence-corrected chi connectivity index (χ4v) is 2.83. The third-order valence-electron chi connectivity index (χ3n) is 4.34. The van der Waals surface area contributed by atoms with Crippen LogP contribution in [0.1, 0.15) is 23.1 Å². The zero-order chi connectivity index (χ0) is 18.5. The van der Waals surface area contributed by atoms with Gasteiger partial charge in [0, 0.05) is 11.1 Å². The highest BCUT2D eigenvalue weighted by atomic mass is 19.2. The minimum Gasteiger partial charge on any atom is -0.497 e. The SMILES string of the molecule is C=CCCc1ccc(C(F)=C(F)c2ccc3cc(OC)ccc3c2)cc1. The second-order valence-corrected chi connectivity index (χ2v) is 6.08. The van der Waals surface area contributed by atoms with Crippen LogP contribution in [0.5, 0.6) is 5.75 Å². The molecular weight excluding hydrogens is 330 g/mol. The van der Waals surface area contributed by atoms with Gasteiger partial charge in [0.1, 0.15) is 5.75 Å². The van der Waals surface area contributed by atoms with Gasteiger partial charge >= 0.3 is 0 Å². The van der Waals surface area contributed by atoms with Gasteiger partial charge in [0.2, 0.25) is 0 Å². The predicted molar refractivity (Wildman–Crippen MR) is 104 cm³/mol. The zero-order valence-electron chi connectivity index (χ0n) is 14.6. The first kappa shape index (κ1) is 17.9. The summed E-state index contributed by atoms with van der Waals surface area (Å²) in [6, 6.07) is 17.3. The molecule has 26 heavy (non-hydrogen) atoms. The topological polar surface area (TPSA) is 9.23 Å². The van der Waals surface area contributed by atoms with Crippen LogP contribution in [-0.4, -0.2) is 7.11 Å². The average molecular weight is 350 g/mol. The maximum atomic E-state index is 14.7. The zero-order valence-corrected chi connectivity index (χ0v) is 14.6. The van der Waals surface area contributed by atoms with Gasteiger partial charge in [0.25, 0.3) is 0 Å². The van der Waals surface area contributed by atoms with E-state index in [-0.39, 0.29) is 11.1 Å². The summed E-state index contributed by atoms with van der Waals surface area (Å²) in [6.45, 7) is 3.69. The van der Waals surface area contributed by atoms with Crippen molar-refractivity contribution in [3.8, 4) is 5.75 Å². The summed E-state index contributed by atoms with van der Waals surface area (Å²) < 4.78 is 34.4. The molecule has 0 aliphatic carbocycles. The van der Waals surface area contributed by atoms with Crippen LogP contribution in [0.25, 0.3) is 22.4 Å². The van der Waals surface area contributed by atoms with Crippen molar-refractivity contribution < 1.29 is 13.5 Å². The van der Waals surface area contributed by atoms with Crippen LogP contribution < -0.4 is 4.74 Å². The Balaban J connectivity index is 1.91. The van der Waals surface area contributed by atoms with Gasteiger partial charge in [-0.1, -0.05) is 48.5 Å². The van der Waals surface area contributed by atoms with Crippen molar-refractivity contribution in [1.29, 1.82) is 0 Å². The quantitative estimate of drug-likeness (QED) is 0.354. The molecule has 0 radical (unpaired) electrons. The Bertz CT molecular complexity index is 956. The Hall–Kier alpha value is -2.94. The molecule has 0 fully saturated rings. The Kier molecular flexibility index (Phi) is 5.47. The predicted octanol–water partition coefficient (Wildman–Crippen LogP) is 6.73. The fourth-order valence-electron chi connectivity index (χ4n) is 2.83. The largest absolute Gasteiger partial charge is 0.497 e. The number of fused-ring (bicyclic) bond motifs is 1. The van der Waals surface area contributed by atoms with Crippen molar-refractivity contribution in [3.05, 3.63) is 90.0 Å². The fraction of sp³-hybridized carbons (Fsp3) is 0.130. The van der Waals surface area contributed by atoms with Crippen LogP contribution >= 0.6 is 0 Å². The van der Waals surface area contributed by atoms with Gasteiger partial charge in [0.05, 0.1) is 7.11 Å². The van der Waals surface area contributed by atoms with Gasteiger partial charge in [-0.15, -0.1) is 6.58 Å². The average Bonchev–Trinajstić information content (AvgIpc) is 2.70. The first-order chi connectivity index (χ1) is 12.6. The van der Waals surface area contributed by atoms with Crippen molar-refractivity contribution in [3.63, 3.8) is 0 Å². The number of halogens is 2. The summed E-state index contributed by atoms with van der Waals surface area (Å²) >= 11 is 0. The van der Waals surface area contributed by atoms with Gasteiger partial charge < -0.3 is 4.74 Å². The molecule has 3 heteroatoms. The Morgan fingerprint density at radius 3 is 2.19 bits per heavy atom. The number of methoxy groups -OCH3 is 1. The van der Waals surface area contributed by atoms with Gasteiger partial charge in [-0.05, 0) is 47.4 Å². The van der Waals surface area contributed by atoms with Gasteiger partial charge in [0.15, 0.2) is 11.7 Å². The van der Waals surface area contributed by atoms with Crippen LogP contribution in [-0.2, 0) is 6.42 Å². The number of rotatable bonds is 6. The number of benzene rings is 3. The van der Waals surface area contributed by atoms with Crippen molar-refractivity contribution in [1.82, 2.24) is 0 Å². The third kappa shape index (κ3) is 3.83. The van der Waals surface area contributed by atoms with Crippen LogP contribution in [0.3, 0.4) is 0 Å². The van der Waals surface area contributed by atoms with E-state index in [9.17, 15) is 8.78 Å². The minimum absolute atomic E-state index is 0.218. The first-order valence-corrected chi connectivity index (χ1v) is 8.46. The molecule has 0 heterocycles. The Labute approximate surface area is 152 Å². The van der Waals surface area contributed by atoms with E-state index in [1.165, 1.54) is 0 Å². The standard InChI is InChI=1S/C23H20F2O/c1-3-4-5-16-6-8-17(9-7-16)22(24)23(25)20-11-10-19-15-21(26-2)13-12-18(19)14-20/h3,6-15H,1,4-5H2,2H3. The lowest BCUT2D eigenvalue weighted by Crippen LogP contribution is -1.88. The Morgan fingerprint density at radius 1 is 0.885 bits per heavy atom. The molecule has 3 aromatic carbocycles. The summed E-state index contributed by atoms with van der Waals surface area (Å²) in [5, 5.41) is 1.74. The lowest BCUT2D eigenvalue weighted by atomic mass is 10.0. The summed E-state index contributed by atoms with van der Waals surface area (Å²) in [7, 11) is 1.59. The molecule has 3 rings (SSSR count). The van der Waals surface area contributed by atoms with Crippen LogP contribution in [0.4, 0.5) is 8.78 Å². The van der Waals surface area contributed by atoms with E-state index in [0.717, 1.165) is 34.9 Å². The maximum Gasteiger partial charge on any atom is 0.166 e. The second-order valence-electron chi connectivity index (χ2n) is 6.08. The molecule has 1 nitrogen and oxygen atoms in total. The lowest BCUT2D eigenvalue weighted by Gasteiger charge is -2.06. The molecule has 0 atom stereocenters. The summed E-state index contributed by atoms with van der Waals surface area (Å²) in [5.74, 6) is -0.987. The van der Waals surface area contributed by atoms with E-state index < -0.39 is 11.7 Å². The van der Waals surface area contributed by atoms with E-state index in [1.807, 2.05) is 30.3 Å². The van der Waals surface area contributed by atoms with Gasteiger partial charge in [-0.25, -0.2) is 8.78 Å². The molecule has 0 spiro atoms. The number of ether oxygens (including phenoxy) is 1. The Morgan fingerprint density at radius 2 is 1.50 bits per heavy atom. The number of hydrogen-bond donors (Lipinski definition) is 0. The molecule has 0 aliphatic rings. The van der Waals surface area contributed by atoms with E-state index in [2.05, 4.69) is 6.58 Å². The minimum atomic E-state index is -0.860. The molecule has 0 saturated heterocycles. The molecule has 0 aromatic heterocycles. The van der Waals surface area contributed by atoms with Crippen LogP contribution in [0.15, 0.2) is 73.3 Å². The smallest absolute Gasteiger partial charge is 0.166 e. The highest BCUT2D eigenvalue weighted by Crippen LogP contribution is 2.31. The van der Waals surface area contributed by atoms with E-state index in [1.54, 1.807) is 43.5 Å². The van der Waals surface area contributed by atoms with Gasteiger partial charge in [-0.2, -0.15) is 0 Å². The molecule has 0 unspecified atom stereocenters. The number of hydrogen-bond acceptors (Lipinski definition) is 1. The number of allylic oxidation sites excluding steroid dienone is 1. The normalized spacial score (nSPS) is 12.0. The lowest BCUT2D eigenvalue weighted by molar-refractivity contribution is 0.415. The highest BCUT2D eigenvalue weighted by Gasteiger charge is 2.12. The summed E-state index contributed by atoms with van der Waals surface area (Å²) in [5.41, 5.74) is 1.53. The van der Waals surface area contributed by atoms with Gasteiger partial charge in [-0.3, -0.25) is 0 Å². The van der Waals surface area contributed by atoms with Crippen LogP contribution in [0, 0.1) is 0 Å². The van der Waals surface area contributed by atoms with Crippen molar-refractivity contribution in [2.45, 2.75) is 12.8 Å². The summed E-state index contributed by atoms with van der Waals surface area (Å²) in [6.07, 6.45) is 3.53. The second kappa shape index (κ2) is 7.96. The molecule has 0 aliphatic heterocycles. The van der Waals surface area contributed by atoms with Crippen LogP contribution in [0.2, 0.25) is 0 Å². The number of aryl methyl sites for hydroxylation is 1. The molecule has 0 amide bonds. The highest BCUT2D eigenvalue weighted by molar-refractivity contribution is 5.90. The van der Waals surface area contributed by atoms with Crippen molar-refractivity contribution >= 4 is 22.4 Å². The third-order valence-corrected chi connectivity index (χ3v) is 4.34. The first-order valence-electron chi connectivity index (χ1n) is 8.46. The van der Waals surface area contributed by atoms with Crippen molar-refractivity contribution in [2.24, 2.45) is 0 Å². The maximum absolute atomic E-state index is 14.7.